The summed E-state index contributed by atoms with van der Waals surface area (Å²) in [6, 6.07) is 3.69. The minimum Gasteiger partial charge on any atom is -0.465 e. The first-order chi connectivity index (χ1) is 9.15. The predicted molar refractivity (Wildman–Crippen MR) is 79.1 cm³/mol. The molecule has 0 radical (unpaired) electrons. The maximum Gasteiger partial charge on any atom is 0.118 e. The van der Waals surface area contributed by atoms with Gasteiger partial charge in [-0.3, -0.25) is 4.90 Å². The van der Waals surface area contributed by atoms with Crippen LogP contribution in [0.25, 0.3) is 0 Å². The Hall–Kier alpha value is -0.800. The molecule has 1 aromatic rings. The summed E-state index contributed by atoms with van der Waals surface area (Å²) in [5, 5.41) is 3.32. The van der Waals surface area contributed by atoms with Gasteiger partial charge in [-0.15, -0.1) is 0 Å². The van der Waals surface area contributed by atoms with Crippen LogP contribution < -0.4 is 5.32 Å². The largest absolute Gasteiger partial charge is 0.465 e. The molecule has 0 aromatic carbocycles. The molecule has 0 saturated carbocycles. The van der Waals surface area contributed by atoms with Crippen LogP contribution in [0.1, 0.15) is 57.1 Å². The molecule has 19 heavy (non-hydrogen) atoms. The van der Waals surface area contributed by atoms with E-state index >= 15 is 0 Å². The molecule has 2 heterocycles. The molecule has 0 spiro atoms. The molecule has 1 aliphatic heterocycles. The number of furan rings is 1. The summed E-state index contributed by atoms with van der Waals surface area (Å²) in [5.74, 6) is 2.15. The fourth-order valence-corrected chi connectivity index (χ4v) is 3.13. The number of nitrogens with zero attached hydrogens (tertiary/aromatic N) is 1. The van der Waals surface area contributed by atoms with Gasteiger partial charge in [0.25, 0.3) is 0 Å². The van der Waals surface area contributed by atoms with Crippen molar-refractivity contribution in [1.29, 1.82) is 0 Å². The minimum absolute atomic E-state index is 0.705. The molecule has 3 heteroatoms. The second-order valence-electron chi connectivity index (χ2n) is 5.74. The number of hydrogen-bond acceptors (Lipinski definition) is 3. The van der Waals surface area contributed by atoms with Crippen molar-refractivity contribution < 1.29 is 4.42 Å². The normalized spacial score (nSPS) is 24.2. The van der Waals surface area contributed by atoms with Crippen LogP contribution in [0.5, 0.6) is 0 Å². The molecular weight excluding hydrogens is 236 g/mol. The van der Waals surface area contributed by atoms with Gasteiger partial charge in [0.15, 0.2) is 0 Å². The van der Waals surface area contributed by atoms with Crippen molar-refractivity contribution in [1.82, 2.24) is 10.2 Å². The van der Waals surface area contributed by atoms with Crippen LogP contribution in [0.4, 0.5) is 0 Å². The first-order valence-corrected chi connectivity index (χ1v) is 7.70. The third-order valence-electron chi connectivity index (χ3n) is 4.40. The number of hydrogen-bond donors (Lipinski definition) is 1. The minimum atomic E-state index is 0.705. The Balaban J connectivity index is 2.03. The van der Waals surface area contributed by atoms with Crippen LogP contribution in [-0.2, 0) is 13.1 Å². The van der Waals surface area contributed by atoms with E-state index in [0.29, 0.717) is 6.04 Å². The second kappa shape index (κ2) is 6.58. The Kier molecular flexibility index (Phi) is 5.06. The average Bonchev–Trinajstić information content (AvgIpc) is 2.92. The molecule has 1 aliphatic rings. The van der Waals surface area contributed by atoms with Crippen molar-refractivity contribution in [3.63, 3.8) is 0 Å². The van der Waals surface area contributed by atoms with Gasteiger partial charge >= 0.3 is 0 Å². The van der Waals surface area contributed by atoms with E-state index in [-0.39, 0.29) is 0 Å². The lowest BCUT2D eigenvalue weighted by Gasteiger charge is -2.27. The van der Waals surface area contributed by atoms with E-state index in [9.17, 15) is 0 Å². The average molecular weight is 264 g/mol. The fraction of sp³-hybridized carbons (Fsp3) is 0.750. The summed E-state index contributed by atoms with van der Waals surface area (Å²) in [4.78, 5) is 2.65. The molecule has 0 bridgehead atoms. The lowest BCUT2D eigenvalue weighted by atomic mass is 10.1. The highest BCUT2D eigenvalue weighted by Crippen LogP contribution is 2.29. The Bertz CT molecular complexity index is 399. The lowest BCUT2D eigenvalue weighted by Crippen LogP contribution is -2.33. The molecule has 1 fully saturated rings. The van der Waals surface area contributed by atoms with Crippen molar-refractivity contribution >= 4 is 0 Å². The van der Waals surface area contributed by atoms with E-state index in [2.05, 4.69) is 44.0 Å². The van der Waals surface area contributed by atoms with E-state index in [0.717, 1.165) is 37.2 Å². The van der Waals surface area contributed by atoms with Gasteiger partial charge in [-0.25, -0.2) is 0 Å². The van der Waals surface area contributed by atoms with E-state index in [1.807, 2.05) is 0 Å². The topological polar surface area (TPSA) is 28.4 Å². The van der Waals surface area contributed by atoms with Crippen molar-refractivity contribution in [3.05, 3.63) is 23.2 Å². The van der Waals surface area contributed by atoms with E-state index in [1.165, 1.54) is 24.8 Å². The Morgan fingerprint density at radius 2 is 2.16 bits per heavy atom. The monoisotopic (exact) mass is 264 g/mol. The highest BCUT2D eigenvalue weighted by molar-refractivity contribution is 5.21. The maximum atomic E-state index is 5.84. The third kappa shape index (κ3) is 3.40. The molecular formula is C16H28N2O. The highest BCUT2D eigenvalue weighted by Gasteiger charge is 2.29. The first-order valence-electron chi connectivity index (χ1n) is 7.70. The molecule has 1 N–H and O–H groups in total. The summed E-state index contributed by atoms with van der Waals surface area (Å²) < 4.78 is 5.84. The van der Waals surface area contributed by atoms with Gasteiger partial charge in [-0.1, -0.05) is 13.8 Å². The molecule has 1 saturated heterocycles. The van der Waals surface area contributed by atoms with Crippen LogP contribution >= 0.6 is 0 Å². The number of likely N-dealkylation sites (tertiary alicyclic amines) is 1. The SMILES string of the molecule is CCNCc1cc(CN2C(C)CCC2CC)c(C)o1. The zero-order valence-electron chi connectivity index (χ0n) is 12.8. The molecule has 2 unspecified atom stereocenters. The number of nitrogens with one attached hydrogen (secondary N) is 1. The van der Waals surface area contributed by atoms with Gasteiger partial charge in [0.1, 0.15) is 11.5 Å². The van der Waals surface area contributed by atoms with E-state index in [4.69, 9.17) is 4.42 Å². The van der Waals surface area contributed by atoms with Crippen molar-refractivity contribution in [3.8, 4) is 0 Å². The van der Waals surface area contributed by atoms with E-state index in [1.54, 1.807) is 0 Å². The van der Waals surface area contributed by atoms with Crippen LogP contribution in [0.3, 0.4) is 0 Å². The summed E-state index contributed by atoms with van der Waals surface area (Å²) in [6.45, 7) is 11.7. The lowest BCUT2D eigenvalue weighted by molar-refractivity contribution is 0.188. The van der Waals surface area contributed by atoms with E-state index < -0.39 is 0 Å². The molecule has 108 valence electrons. The van der Waals surface area contributed by atoms with Crippen molar-refractivity contribution in [2.75, 3.05) is 6.54 Å². The van der Waals surface area contributed by atoms with Gasteiger partial charge in [0, 0.05) is 24.2 Å². The number of rotatable bonds is 6. The van der Waals surface area contributed by atoms with Crippen LogP contribution in [0.2, 0.25) is 0 Å². The highest BCUT2D eigenvalue weighted by atomic mass is 16.3. The van der Waals surface area contributed by atoms with Gasteiger partial charge in [-0.2, -0.15) is 0 Å². The van der Waals surface area contributed by atoms with Crippen LogP contribution in [0, 0.1) is 6.92 Å². The smallest absolute Gasteiger partial charge is 0.118 e. The van der Waals surface area contributed by atoms with Gasteiger partial charge in [0.2, 0.25) is 0 Å². The van der Waals surface area contributed by atoms with Crippen molar-refractivity contribution in [2.45, 2.75) is 72.1 Å². The van der Waals surface area contributed by atoms with Gasteiger partial charge < -0.3 is 9.73 Å². The Morgan fingerprint density at radius 3 is 2.84 bits per heavy atom. The van der Waals surface area contributed by atoms with Crippen LogP contribution in [0.15, 0.2) is 10.5 Å². The van der Waals surface area contributed by atoms with Gasteiger partial charge in [-0.05, 0) is 45.7 Å². The third-order valence-corrected chi connectivity index (χ3v) is 4.40. The van der Waals surface area contributed by atoms with Crippen molar-refractivity contribution in [2.24, 2.45) is 0 Å². The van der Waals surface area contributed by atoms with Gasteiger partial charge in [0.05, 0.1) is 6.54 Å². The summed E-state index contributed by atoms with van der Waals surface area (Å²) in [5.41, 5.74) is 1.36. The molecule has 3 nitrogen and oxygen atoms in total. The quantitative estimate of drug-likeness (QED) is 0.853. The molecule has 1 aromatic heterocycles. The summed E-state index contributed by atoms with van der Waals surface area (Å²) >= 11 is 0. The zero-order valence-corrected chi connectivity index (χ0v) is 12.8. The summed E-state index contributed by atoms with van der Waals surface area (Å²) in [6.07, 6.45) is 3.93. The molecule has 2 atom stereocenters. The Morgan fingerprint density at radius 1 is 1.37 bits per heavy atom. The summed E-state index contributed by atoms with van der Waals surface area (Å²) in [7, 11) is 0. The first kappa shape index (κ1) is 14.6. The van der Waals surface area contributed by atoms with Crippen LogP contribution in [-0.4, -0.2) is 23.5 Å². The maximum absolute atomic E-state index is 5.84. The molecule has 2 rings (SSSR count). The predicted octanol–water partition coefficient (Wildman–Crippen LogP) is 3.46. The standard InChI is InChI=1S/C16H28N2O/c1-5-15-8-7-12(3)18(15)11-14-9-16(10-17-6-2)19-13(14)4/h9,12,15,17H,5-8,10-11H2,1-4H3. The Labute approximate surface area is 117 Å². The molecule has 0 amide bonds. The second-order valence-corrected chi connectivity index (χ2v) is 5.74. The number of aryl methyl sites for hydroxylation is 1. The molecule has 0 aliphatic carbocycles. The fourth-order valence-electron chi connectivity index (χ4n) is 3.13. The zero-order chi connectivity index (χ0) is 13.8.